The zero-order chi connectivity index (χ0) is 24.4. The summed E-state index contributed by atoms with van der Waals surface area (Å²) in [6.07, 6.45) is -4.78. The first-order valence-corrected chi connectivity index (χ1v) is 11.6. The average Bonchev–Trinajstić information content (AvgIpc) is 2.75. The van der Waals surface area contributed by atoms with E-state index in [1.165, 1.54) is 42.5 Å². The Labute approximate surface area is 198 Å². The molecule has 0 heterocycles. The number of halogens is 5. The van der Waals surface area contributed by atoms with Gasteiger partial charge in [0.15, 0.2) is 0 Å². The summed E-state index contributed by atoms with van der Waals surface area (Å²) in [6.45, 7) is 0.780. The van der Waals surface area contributed by atoms with E-state index in [9.17, 15) is 26.4 Å². The van der Waals surface area contributed by atoms with Crippen molar-refractivity contribution in [2.75, 3.05) is 16.2 Å². The van der Waals surface area contributed by atoms with Crippen molar-refractivity contribution in [1.82, 2.24) is 0 Å². The monoisotopic (exact) mass is 516 g/mol. The molecule has 0 aliphatic rings. The summed E-state index contributed by atoms with van der Waals surface area (Å²) in [4.78, 5) is 12.7. The first-order chi connectivity index (χ1) is 15.4. The SMILES string of the molecule is Cc1c(Cl)cccc1N(CC(=O)Nc1ccc(Cl)cc1C(F)(F)F)S(=O)(=O)c1ccccc1. The van der Waals surface area contributed by atoms with Gasteiger partial charge in [-0.05, 0) is 55.0 Å². The Morgan fingerprint density at radius 3 is 2.30 bits per heavy atom. The molecule has 0 spiro atoms. The molecule has 0 saturated heterocycles. The Bertz CT molecular complexity index is 1280. The van der Waals surface area contributed by atoms with E-state index in [-0.39, 0.29) is 20.6 Å². The van der Waals surface area contributed by atoms with Gasteiger partial charge in [0.25, 0.3) is 10.0 Å². The lowest BCUT2D eigenvalue weighted by Gasteiger charge is -2.26. The number of sulfonamides is 1. The number of carbonyl (C=O) groups is 1. The van der Waals surface area contributed by atoms with Gasteiger partial charge >= 0.3 is 6.18 Å². The Hall–Kier alpha value is -2.75. The molecule has 3 rings (SSSR count). The molecule has 0 radical (unpaired) electrons. The maximum absolute atomic E-state index is 13.4. The van der Waals surface area contributed by atoms with Crippen LogP contribution in [0.15, 0.2) is 71.6 Å². The lowest BCUT2D eigenvalue weighted by Crippen LogP contribution is -2.38. The predicted molar refractivity (Wildman–Crippen MR) is 122 cm³/mol. The maximum atomic E-state index is 13.4. The van der Waals surface area contributed by atoms with Crippen molar-refractivity contribution in [2.45, 2.75) is 18.0 Å². The molecule has 1 N–H and O–H groups in total. The number of rotatable bonds is 6. The van der Waals surface area contributed by atoms with Crippen LogP contribution in [0.3, 0.4) is 0 Å². The van der Waals surface area contributed by atoms with Crippen molar-refractivity contribution in [3.63, 3.8) is 0 Å². The first kappa shape index (κ1) is 24.9. The molecule has 1 amide bonds. The number of amides is 1. The topological polar surface area (TPSA) is 66.5 Å². The fraction of sp³-hybridized carbons (Fsp3) is 0.136. The Kier molecular flexibility index (Phi) is 7.26. The minimum atomic E-state index is -4.78. The van der Waals surface area contributed by atoms with Crippen molar-refractivity contribution in [3.05, 3.63) is 87.9 Å². The number of benzene rings is 3. The molecule has 0 bridgehead atoms. The third-order valence-corrected chi connectivity index (χ3v) is 7.11. The highest BCUT2D eigenvalue weighted by atomic mass is 35.5. The summed E-state index contributed by atoms with van der Waals surface area (Å²) in [5.74, 6) is -0.985. The molecule has 0 fully saturated rings. The van der Waals surface area contributed by atoms with Gasteiger partial charge in [0.1, 0.15) is 6.54 Å². The van der Waals surface area contributed by atoms with E-state index < -0.39 is 39.9 Å². The van der Waals surface area contributed by atoms with E-state index in [0.29, 0.717) is 11.6 Å². The van der Waals surface area contributed by atoms with Gasteiger partial charge in [-0.1, -0.05) is 47.5 Å². The van der Waals surface area contributed by atoms with Gasteiger partial charge in [0.05, 0.1) is 21.8 Å². The molecule has 5 nitrogen and oxygen atoms in total. The first-order valence-electron chi connectivity index (χ1n) is 9.41. The van der Waals surface area contributed by atoms with Gasteiger partial charge < -0.3 is 5.32 Å². The Morgan fingerprint density at radius 1 is 1.00 bits per heavy atom. The zero-order valence-corrected chi connectivity index (χ0v) is 19.4. The zero-order valence-electron chi connectivity index (χ0n) is 17.0. The number of nitrogens with zero attached hydrogens (tertiary/aromatic N) is 1. The molecule has 11 heteroatoms. The number of anilines is 2. The van der Waals surface area contributed by atoms with E-state index in [4.69, 9.17) is 23.2 Å². The van der Waals surface area contributed by atoms with Crippen LogP contribution in [0.1, 0.15) is 11.1 Å². The van der Waals surface area contributed by atoms with Gasteiger partial charge in [-0.3, -0.25) is 9.10 Å². The molecule has 33 heavy (non-hydrogen) atoms. The van der Waals surface area contributed by atoms with Crippen molar-refractivity contribution in [1.29, 1.82) is 0 Å². The third-order valence-electron chi connectivity index (χ3n) is 4.69. The fourth-order valence-corrected chi connectivity index (χ4v) is 4.91. The third kappa shape index (κ3) is 5.61. The van der Waals surface area contributed by atoms with Crippen LogP contribution in [0, 0.1) is 6.92 Å². The number of carbonyl (C=O) groups excluding carboxylic acids is 1. The summed E-state index contributed by atoms with van der Waals surface area (Å²) in [5, 5.41) is 2.24. The molecule has 3 aromatic rings. The van der Waals surface area contributed by atoms with Crippen LogP contribution in [0.4, 0.5) is 24.5 Å². The van der Waals surface area contributed by atoms with Crippen LogP contribution in [-0.2, 0) is 21.0 Å². The maximum Gasteiger partial charge on any atom is 0.418 e. The highest BCUT2D eigenvalue weighted by Gasteiger charge is 2.35. The van der Waals surface area contributed by atoms with E-state index in [2.05, 4.69) is 5.32 Å². The fourth-order valence-electron chi connectivity index (χ4n) is 3.07. The number of hydrogen-bond donors (Lipinski definition) is 1. The molecule has 174 valence electrons. The lowest BCUT2D eigenvalue weighted by atomic mass is 10.1. The lowest BCUT2D eigenvalue weighted by molar-refractivity contribution is -0.137. The molecule has 0 atom stereocenters. The number of alkyl halides is 3. The van der Waals surface area contributed by atoms with Crippen molar-refractivity contribution >= 4 is 50.5 Å². The number of nitrogens with one attached hydrogen (secondary N) is 1. The van der Waals surface area contributed by atoms with E-state index in [1.807, 2.05) is 0 Å². The van der Waals surface area contributed by atoms with Crippen LogP contribution in [0.2, 0.25) is 10.0 Å². The van der Waals surface area contributed by atoms with Crippen LogP contribution in [0.25, 0.3) is 0 Å². The highest BCUT2D eigenvalue weighted by Crippen LogP contribution is 2.37. The second kappa shape index (κ2) is 9.62. The van der Waals surface area contributed by atoms with Gasteiger partial charge in [-0.25, -0.2) is 8.42 Å². The van der Waals surface area contributed by atoms with Gasteiger partial charge in [0, 0.05) is 10.0 Å². The van der Waals surface area contributed by atoms with Crippen LogP contribution in [-0.4, -0.2) is 20.9 Å². The van der Waals surface area contributed by atoms with Gasteiger partial charge in [-0.2, -0.15) is 13.2 Å². The molecular formula is C22H17Cl2F3N2O3S. The molecular weight excluding hydrogens is 500 g/mol. The average molecular weight is 517 g/mol. The minimum Gasteiger partial charge on any atom is -0.324 e. The molecule has 0 saturated carbocycles. The summed E-state index contributed by atoms with van der Waals surface area (Å²) in [6, 6.07) is 14.7. The summed E-state index contributed by atoms with van der Waals surface area (Å²) >= 11 is 11.8. The standard InChI is InChI=1S/C22H17Cl2F3N2O3S/c1-14-18(24)8-5-9-20(14)29(33(31,32)16-6-3-2-4-7-16)13-21(30)28-19-11-10-15(23)12-17(19)22(25,26)27/h2-12H,13H2,1H3,(H,28,30). The van der Waals surface area contributed by atoms with Crippen LogP contribution in [0.5, 0.6) is 0 Å². The summed E-state index contributed by atoms with van der Waals surface area (Å²) < 4.78 is 67.7. The molecule has 0 aliphatic heterocycles. The van der Waals surface area contributed by atoms with E-state index >= 15 is 0 Å². The second-order valence-corrected chi connectivity index (χ2v) is 9.65. The molecule has 0 aliphatic carbocycles. The van der Waals surface area contributed by atoms with Crippen LogP contribution < -0.4 is 9.62 Å². The van der Waals surface area contributed by atoms with Crippen molar-refractivity contribution < 1.29 is 26.4 Å². The van der Waals surface area contributed by atoms with E-state index in [1.54, 1.807) is 19.1 Å². The summed E-state index contributed by atoms with van der Waals surface area (Å²) in [7, 11) is -4.26. The van der Waals surface area contributed by atoms with Crippen molar-refractivity contribution in [2.24, 2.45) is 0 Å². The van der Waals surface area contributed by atoms with Crippen LogP contribution >= 0.6 is 23.2 Å². The smallest absolute Gasteiger partial charge is 0.324 e. The second-order valence-electron chi connectivity index (χ2n) is 6.94. The predicted octanol–water partition coefficient (Wildman–Crippen LogP) is 6.15. The highest BCUT2D eigenvalue weighted by molar-refractivity contribution is 7.92. The quantitative estimate of drug-likeness (QED) is 0.426. The van der Waals surface area contributed by atoms with Crippen molar-refractivity contribution in [3.8, 4) is 0 Å². The van der Waals surface area contributed by atoms with E-state index in [0.717, 1.165) is 10.4 Å². The minimum absolute atomic E-state index is 0.0975. The largest absolute Gasteiger partial charge is 0.418 e. The molecule has 0 unspecified atom stereocenters. The molecule has 3 aromatic carbocycles. The summed E-state index contributed by atoms with van der Waals surface area (Å²) in [5.41, 5.74) is -1.20. The molecule has 0 aromatic heterocycles. The normalized spacial score (nSPS) is 11.8. The Balaban J connectivity index is 2.02. The number of hydrogen-bond acceptors (Lipinski definition) is 3. The van der Waals surface area contributed by atoms with Gasteiger partial charge in [0.2, 0.25) is 5.91 Å². The Morgan fingerprint density at radius 2 is 1.67 bits per heavy atom. The van der Waals surface area contributed by atoms with Gasteiger partial charge in [-0.15, -0.1) is 0 Å².